The van der Waals surface area contributed by atoms with Crippen molar-refractivity contribution in [2.45, 2.75) is 19.8 Å². The number of hydrogen-bond acceptors (Lipinski definition) is 4. The minimum atomic E-state index is -0.519. The summed E-state index contributed by atoms with van der Waals surface area (Å²) in [6.45, 7) is 7.64. The van der Waals surface area contributed by atoms with E-state index in [1.165, 1.54) is 12.3 Å². The number of allylic oxidation sites excluding steroid dienone is 4. The zero-order valence-electron chi connectivity index (χ0n) is 14.1. The van der Waals surface area contributed by atoms with E-state index in [2.05, 4.69) is 16.9 Å². The lowest BCUT2D eigenvalue weighted by molar-refractivity contribution is 0.0670. The predicted octanol–water partition coefficient (Wildman–Crippen LogP) is 4.67. The zero-order chi connectivity index (χ0) is 18.4. The van der Waals surface area contributed by atoms with Gasteiger partial charge in [-0.1, -0.05) is 29.8 Å². The van der Waals surface area contributed by atoms with Crippen LogP contribution in [0.15, 0.2) is 41.5 Å². The molecule has 1 aliphatic rings. The molecule has 4 nitrogen and oxygen atoms in total. The van der Waals surface area contributed by atoms with Gasteiger partial charge in [-0.05, 0) is 43.4 Å². The summed E-state index contributed by atoms with van der Waals surface area (Å²) >= 11 is 12.3. The summed E-state index contributed by atoms with van der Waals surface area (Å²) in [6.07, 6.45) is 4.60. The van der Waals surface area contributed by atoms with Crippen LogP contribution < -0.4 is 11.1 Å². The van der Waals surface area contributed by atoms with E-state index in [9.17, 15) is 4.39 Å². The molecule has 0 atom stereocenters. The molecular formula is C18H22Cl2FN3O. The molecule has 0 bridgehead atoms. The molecule has 0 saturated carbocycles. The number of ether oxygens (including phenoxy) is 1. The van der Waals surface area contributed by atoms with Crippen LogP contribution in [0.3, 0.4) is 0 Å². The van der Waals surface area contributed by atoms with Crippen molar-refractivity contribution in [2.75, 3.05) is 25.5 Å². The van der Waals surface area contributed by atoms with E-state index in [1.54, 1.807) is 13.0 Å². The molecule has 0 radical (unpaired) electrons. The maximum Gasteiger partial charge on any atom is 0.147 e. The van der Waals surface area contributed by atoms with E-state index in [4.69, 9.17) is 33.7 Å². The molecule has 1 saturated heterocycles. The van der Waals surface area contributed by atoms with Crippen molar-refractivity contribution in [1.29, 1.82) is 0 Å². The van der Waals surface area contributed by atoms with Crippen molar-refractivity contribution in [3.05, 3.63) is 52.1 Å². The highest BCUT2D eigenvalue weighted by Crippen LogP contribution is 2.30. The first-order chi connectivity index (χ1) is 11.9. The Kier molecular flexibility index (Phi) is 7.29. The highest BCUT2D eigenvalue weighted by molar-refractivity contribution is 6.36. The number of nitrogen functional groups attached to an aromatic ring is 1. The van der Waals surface area contributed by atoms with Gasteiger partial charge in [0.15, 0.2) is 0 Å². The molecule has 25 heavy (non-hydrogen) atoms. The zero-order valence-corrected chi connectivity index (χ0v) is 15.6. The third kappa shape index (κ3) is 5.73. The number of rotatable bonds is 6. The van der Waals surface area contributed by atoms with E-state index in [-0.39, 0.29) is 10.7 Å². The molecule has 7 heteroatoms. The van der Waals surface area contributed by atoms with Gasteiger partial charge in [-0.15, -0.1) is 0 Å². The van der Waals surface area contributed by atoms with Gasteiger partial charge in [0.05, 0.1) is 10.7 Å². The van der Waals surface area contributed by atoms with Gasteiger partial charge in [0.2, 0.25) is 0 Å². The van der Waals surface area contributed by atoms with Crippen LogP contribution in [0.1, 0.15) is 25.3 Å². The maximum atomic E-state index is 14.3. The van der Waals surface area contributed by atoms with E-state index in [0.717, 1.165) is 26.1 Å². The molecule has 1 aromatic rings. The van der Waals surface area contributed by atoms with Gasteiger partial charge in [0.1, 0.15) is 11.6 Å². The van der Waals surface area contributed by atoms with Crippen molar-refractivity contribution in [3.8, 4) is 0 Å². The summed E-state index contributed by atoms with van der Waals surface area (Å²) in [4.78, 5) is 3.90. The monoisotopic (exact) mass is 385 g/mol. The van der Waals surface area contributed by atoms with Gasteiger partial charge in [-0.25, -0.2) is 9.37 Å². The van der Waals surface area contributed by atoms with Crippen LogP contribution in [0.2, 0.25) is 5.02 Å². The van der Waals surface area contributed by atoms with Crippen LogP contribution in [0, 0.1) is 5.92 Å². The number of nitrogens with one attached hydrogen (secondary N) is 1. The molecule has 1 fully saturated rings. The standard InChI is InChI=1S/C18H22Cl2FN3O/c1-11(14-7-18(22)24-10-16(14)20)15(19)8-17(21)12(2)23-9-13-3-5-25-6-4-13/h7-8,10,13,23H,2-6,9H2,1H3,(H2,22,24)/b15-11-,17-8+. The molecule has 0 aliphatic carbocycles. The largest absolute Gasteiger partial charge is 0.384 e. The Morgan fingerprint density at radius 2 is 2.20 bits per heavy atom. The third-order valence-corrected chi connectivity index (χ3v) is 4.82. The molecule has 136 valence electrons. The van der Waals surface area contributed by atoms with Crippen LogP contribution in [0.4, 0.5) is 10.2 Å². The first-order valence-corrected chi connectivity index (χ1v) is 8.80. The average Bonchev–Trinajstić information content (AvgIpc) is 2.61. The lowest BCUT2D eigenvalue weighted by Crippen LogP contribution is -2.27. The van der Waals surface area contributed by atoms with Gasteiger partial charge < -0.3 is 15.8 Å². The average molecular weight is 386 g/mol. The number of halogens is 3. The van der Waals surface area contributed by atoms with Gasteiger partial charge in [-0.2, -0.15) is 0 Å². The molecule has 1 aromatic heterocycles. The third-order valence-electron chi connectivity index (χ3n) is 4.13. The molecule has 0 unspecified atom stereocenters. The van der Waals surface area contributed by atoms with E-state index in [1.807, 2.05) is 0 Å². The van der Waals surface area contributed by atoms with E-state index < -0.39 is 5.83 Å². The van der Waals surface area contributed by atoms with Crippen molar-refractivity contribution in [1.82, 2.24) is 10.3 Å². The smallest absolute Gasteiger partial charge is 0.147 e. The van der Waals surface area contributed by atoms with Crippen LogP contribution in [0.5, 0.6) is 0 Å². The Morgan fingerprint density at radius 3 is 2.88 bits per heavy atom. The first-order valence-electron chi connectivity index (χ1n) is 8.04. The Morgan fingerprint density at radius 1 is 1.52 bits per heavy atom. The van der Waals surface area contributed by atoms with E-state index in [0.29, 0.717) is 34.4 Å². The Balaban J connectivity index is 2.05. The summed E-state index contributed by atoms with van der Waals surface area (Å²) in [5.74, 6) is 0.259. The quantitative estimate of drug-likeness (QED) is 0.698. The summed E-state index contributed by atoms with van der Waals surface area (Å²) in [7, 11) is 0. The highest BCUT2D eigenvalue weighted by Gasteiger charge is 2.14. The number of nitrogens with zero attached hydrogens (tertiary/aromatic N) is 1. The number of aromatic nitrogens is 1. The molecule has 2 rings (SSSR count). The van der Waals surface area contributed by atoms with Crippen LogP contribution in [-0.4, -0.2) is 24.7 Å². The highest BCUT2D eigenvalue weighted by atomic mass is 35.5. The summed E-state index contributed by atoms with van der Waals surface area (Å²) in [6, 6.07) is 1.60. The van der Waals surface area contributed by atoms with Crippen LogP contribution in [0.25, 0.3) is 5.57 Å². The van der Waals surface area contributed by atoms with Crippen molar-refractivity contribution < 1.29 is 9.13 Å². The van der Waals surface area contributed by atoms with Gasteiger partial charge >= 0.3 is 0 Å². The number of nitrogens with two attached hydrogens (primary N) is 1. The van der Waals surface area contributed by atoms with Crippen molar-refractivity contribution in [3.63, 3.8) is 0 Å². The Labute approximate surface area is 157 Å². The molecular weight excluding hydrogens is 364 g/mol. The van der Waals surface area contributed by atoms with Gasteiger partial charge in [-0.3, -0.25) is 0 Å². The van der Waals surface area contributed by atoms with Crippen molar-refractivity contribution in [2.24, 2.45) is 5.92 Å². The fraction of sp³-hybridized carbons (Fsp3) is 0.389. The molecule has 3 N–H and O–H groups in total. The molecule has 0 spiro atoms. The first kappa shape index (κ1) is 19.8. The van der Waals surface area contributed by atoms with Gasteiger partial charge in [0, 0.05) is 36.6 Å². The Bertz CT molecular complexity index is 698. The fourth-order valence-corrected chi connectivity index (χ4v) is 2.92. The topological polar surface area (TPSA) is 60.2 Å². The van der Waals surface area contributed by atoms with Crippen LogP contribution >= 0.6 is 23.2 Å². The van der Waals surface area contributed by atoms with Gasteiger partial charge in [0.25, 0.3) is 0 Å². The Hall–Kier alpha value is -1.56. The van der Waals surface area contributed by atoms with Crippen LogP contribution in [-0.2, 0) is 4.74 Å². The second-order valence-corrected chi connectivity index (χ2v) is 6.78. The molecule has 0 amide bonds. The normalized spacial score (nSPS) is 17.2. The second-order valence-electron chi connectivity index (χ2n) is 5.97. The molecule has 0 aromatic carbocycles. The maximum absolute atomic E-state index is 14.3. The molecule has 2 heterocycles. The lowest BCUT2D eigenvalue weighted by Gasteiger charge is -2.22. The lowest BCUT2D eigenvalue weighted by atomic mass is 10.0. The minimum absolute atomic E-state index is 0.206. The number of anilines is 1. The summed E-state index contributed by atoms with van der Waals surface area (Å²) in [5.41, 5.74) is 7.09. The van der Waals surface area contributed by atoms with E-state index >= 15 is 0 Å². The fourth-order valence-electron chi connectivity index (χ4n) is 2.48. The predicted molar refractivity (Wildman–Crippen MR) is 102 cm³/mol. The number of hydrogen-bond donors (Lipinski definition) is 2. The van der Waals surface area contributed by atoms with Crippen molar-refractivity contribution >= 4 is 34.6 Å². The second kappa shape index (κ2) is 9.22. The number of pyridine rings is 1. The molecule has 1 aliphatic heterocycles. The summed E-state index contributed by atoms with van der Waals surface area (Å²) < 4.78 is 19.7. The summed E-state index contributed by atoms with van der Waals surface area (Å²) in [5, 5.41) is 3.65. The minimum Gasteiger partial charge on any atom is -0.384 e. The SMILES string of the molecule is C=C(NCC1CCOCC1)/C(F)=C\C(Cl)=C(/C)c1cc(N)ncc1Cl.